The Morgan fingerprint density at radius 2 is 1.95 bits per heavy atom. The lowest BCUT2D eigenvalue weighted by Gasteiger charge is -2.35. The average molecular weight is 306 g/mol. The van der Waals surface area contributed by atoms with Crippen LogP contribution in [0.3, 0.4) is 0 Å². The second-order valence-corrected chi connectivity index (χ2v) is 7.27. The first kappa shape index (κ1) is 16.7. The molecule has 1 N–H and O–H groups in total. The Balaban J connectivity index is 1.78. The van der Waals surface area contributed by atoms with Crippen LogP contribution < -0.4 is 5.32 Å². The number of carbonyl (C=O) groups is 2. The van der Waals surface area contributed by atoms with E-state index in [0.717, 1.165) is 25.7 Å². The Morgan fingerprint density at radius 1 is 1.32 bits per heavy atom. The van der Waals surface area contributed by atoms with E-state index in [4.69, 9.17) is 11.2 Å². The van der Waals surface area contributed by atoms with Crippen molar-refractivity contribution in [1.82, 2.24) is 10.2 Å². The number of ether oxygens (including phenoxy) is 1. The fourth-order valence-corrected chi connectivity index (χ4v) is 3.20. The number of rotatable bonds is 2. The van der Waals surface area contributed by atoms with E-state index in [0.29, 0.717) is 13.0 Å². The number of nitrogens with one attached hydrogen (secondary N) is 1. The van der Waals surface area contributed by atoms with Crippen molar-refractivity contribution < 1.29 is 14.3 Å². The molecule has 1 heterocycles. The summed E-state index contributed by atoms with van der Waals surface area (Å²) in [6.07, 6.45) is 9.09. The molecule has 0 aromatic heterocycles. The Bertz CT molecular complexity index is 467. The zero-order valence-corrected chi connectivity index (χ0v) is 13.7. The van der Waals surface area contributed by atoms with Gasteiger partial charge in [0.15, 0.2) is 0 Å². The second kappa shape index (κ2) is 6.60. The fraction of sp³-hybridized carbons (Fsp3) is 0.765. The zero-order valence-electron chi connectivity index (χ0n) is 13.7. The molecule has 22 heavy (non-hydrogen) atoms. The van der Waals surface area contributed by atoms with Crippen LogP contribution in [-0.4, -0.2) is 41.1 Å². The van der Waals surface area contributed by atoms with Gasteiger partial charge in [-0.3, -0.25) is 4.79 Å². The molecule has 2 fully saturated rings. The van der Waals surface area contributed by atoms with Gasteiger partial charge in [0, 0.05) is 31.0 Å². The summed E-state index contributed by atoms with van der Waals surface area (Å²) in [4.78, 5) is 25.7. The van der Waals surface area contributed by atoms with E-state index in [1.165, 1.54) is 0 Å². The molecule has 0 aromatic rings. The first-order valence-corrected chi connectivity index (χ1v) is 8.03. The molecule has 5 heteroatoms. The van der Waals surface area contributed by atoms with Crippen LogP contribution >= 0.6 is 0 Å². The number of hydrogen-bond acceptors (Lipinski definition) is 3. The Morgan fingerprint density at radius 3 is 2.45 bits per heavy atom. The summed E-state index contributed by atoms with van der Waals surface area (Å²) in [6, 6.07) is 0.398. The smallest absolute Gasteiger partial charge is 0.407 e. The number of carbonyl (C=O) groups excluding carboxylic acids is 2. The third kappa shape index (κ3) is 4.40. The quantitative estimate of drug-likeness (QED) is 0.796. The lowest BCUT2D eigenvalue weighted by molar-refractivity contribution is -0.130. The molecule has 1 atom stereocenters. The number of amides is 2. The molecule has 0 radical (unpaired) electrons. The summed E-state index contributed by atoms with van der Waals surface area (Å²) < 4.78 is 5.28. The minimum Gasteiger partial charge on any atom is -0.444 e. The average Bonchev–Trinajstić information content (AvgIpc) is 2.79. The van der Waals surface area contributed by atoms with Crippen molar-refractivity contribution in [2.75, 3.05) is 6.54 Å². The molecule has 2 rings (SSSR count). The summed E-state index contributed by atoms with van der Waals surface area (Å²) >= 11 is 0. The van der Waals surface area contributed by atoms with Gasteiger partial charge >= 0.3 is 6.09 Å². The van der Waals surface area contributed by atoms with Gasteiger partial charge < -0.3 is 15.0 Å². The van der Waals surface area contributed by atoms with Gasteiger partial charge in [-0.2, -0.15) is 0 Å². The second-order valence-electron chi connectivity index (χ2n) is 7.27. The van der Waals surface area contributed by atoms with Gasteiger partial charge in [-0.05, 0) is 46.5 Å². The molecular weight excluding hydrogens is 280 g/mol. The summed E-state index contributed by atoms with van der Waals surface area (Å²) in [5, 5.41) is 2.92. The predicted octanol–water partition coefficient (Wildman–Crippen LogP) is 2.30. The van der Waals surface area contributed by atoms with Gasteiger partial charge in [0.05, 0.1) is 0 Å². The summed E-state index contributed by atoms with van der Waals surface area (Å²) in [5.74, 6) is 2.92. The highest BCUT2D eigenvalue weighted by molar-refractivity contribution is 5.79. The van der Waals surface area contributed by atoms with E-state index in [-0.39, 0.29) is 30.0 Å². The monoisotopic (exact) mass is 306 g/mol. The molecule has 1 aliphatic heterocycles. The normalized spacial score (nSPS) is 29.1. The van der Waals surface area contributed by atoms with Crippen LogP contribution in [0.1, 0.15) is 52.9 Å². The lowest BCUT2D eigenvalue weighted by Crippen LogP contribution is -2.45. The van der Waals surface area contributed by atoms with Gasteiger partial charge in [0.25, 0.3) is 0 Å². The van der Waals surface area contributed by atoms with E-state index in [1.54, 1.807) is 0 Å². The molecule has 122 valence electrons. The number of terminal acetylenes is 1. The van der Waals surface area contributed by atoms with Crippen molar-refractivity contribution in [1.29, 1.82) is 0 Å². The summed E-state index contributed by atoms with van der Waals surface area (Å²) in [5.41, 5.74) is -0.479. The third-order valence-electron chi connectivity index (χ3n) is 4.25. The predicted molar refractivity (Wildman–Crippen MR) is 84.1 cm³/mol. The first-order chi connectivity index (χ1) is 10.3. The maximum atomic E-state index is 12.0. The maximum Gasteiger partial charge on any atom is 0.407 e. The van der Waals surface area contributed by atoms with Gasteiger partial charge in [-0.1, -0.05) is 0 Å². The van der Waals surface area contributed by atoms with Gasteiger partial charge in [-0.15, -0.1) is 12.3 Å². The lowest BCUT2D eigenvalue weighted by atomic mass is 9.90. The van der Waals surface area contributed by atoms with Crippen LogP contribution in [0.5, 0.6) is 0 Å². The Hall–Kier alpha value is -1.70. The molecule has 0 aromatic carbocycles. The molecule has 1 aliphatic carbocycles. The Labute approximate surface area is 132 Å². The molecule has 1 saturated carbocycles. The minimum absolute atomic E-state index is 0.0603. The molecule has 2 aliphatic rings. The molecule has 2 amide bonds. The van der Waals surface area contributed by atoms with Crippen LogP contribution in [0.4, 0.5) is 4.79 Å². The highest BCUT2D eigenvalue weighted by Crippen LogP contribution is 2.28. The molecule has 0 bridgehead atoms. The Kier molecular flexibility index (Phi) is 5.00. The van der Waals surface area contributed by atoms with E-state index in [9.17, 15) is 9.59 Å². The van der Waals surface area contributed by atoms with Crippen molar-refractivity contribution in [2.45, 2.75) is 70.6 Å². The van der Waals surface area contributed by atoms with Gasteiger partial charge in [0.2, 0.25) is 5.91 Å². The van der Waals surface area contributed by atoms with Crippen molar-refractivity contribution >= 4 is 12.0 Å². The largest absolute Gasteiger partial charge is 0.444 e. The minimum atomic E-state index is -0.479. The SMILES string of the molecule is C#CC1CC(=O)N(C2CCC(NC(=O)OC(C)(C)C)CC2)C1. The highest BCUT2D eigenvalue weighted by atomic mass is 16.6. The number of alkyl carbamates (subject to hydrolysis) is 1. The van der Waals surface area contributed by atoms with Crippen LogP contribution in [0.2, 0.25) is 0 Å². The van der Waals surface area contributed by atoms with Crippen LogP contribution in [-0.2, 0) is 9.53 Å². The number of hydrogen-bond donors (Lipinski definition) is 1. The van der Waals surface area contributed by atoms with Crippen molar-refractivity contribution in [2.24, 2.45) is 5.92 Å². The molecule has 5 nitrogen and oxygen atoms in total. The fourth-order valence-electron chi connectivity index (χ4n) is 3.20. The van der Waals surface area contributed by atoms with Crippen molar-refractivity contribution in [3.8, 4) is 12.3 Å². The van der Waals surface area contributed by atoms with Gasteiger partial charge in [-0.25, -0.2) is 4.79 Å². The van der Waals surface area contributed by atoms with Crippen molar-refractivity contribution in [3.05, 3.63) is 0 Å². The van der Waals surface area contributed by atoms with Crippen molar-refractivity contribution in [3.63, 3.8) is 0 Å². The topological polar surface area (TPSA) is 58.6 Å². The standard InChI is InChI=1S/C17H26N2O3/c1-5-12-10-15(20)19(11-12)14-8-6-13(7-9-14)18-16(21)22-17(2,3)4/h1,12-14H,6-11H2,2-4H3,(H,18,21). The van der Waals surface area contributed by atoms with Crippen LogP contribution in [0.25, 0.3) is 0 Å². The van der Waals surface area contributed by atoms with E-state index < -0.39 is 5.60 Å². The first-order valence-electron chi connectivity index (χ1n) is 8.03. The number of nitrogens with zero attached hydrogens (tertiary/aromatic N) is 1. The highest BCUT2D eigenvalue weighted by Gasteiger charge is 2.35. The third-order valence-corrected chi connectivity index (χ3v) is 4.25. The zero-order chi connectivity index (χ0) is 16.3. The maximum absolute atomic E-state index is 12.0. The van der Waals surface area contributed by atoms with E-state index in [2.05, 4.69) is 11.2 Å². The molecule has 0 spiro atoms. The van der Waals surface area contributed by atoms with Crippen LogP contribution in [0.15, 0.2) is 0 Å². The van der Waals surface area contributed by atoms with Gasteiger partial charge in [0.1, 0.15) is 5.60 Å². The summed E-state index contributed by atoms with van der Waals surface area (Å²) in [7, 11) is 0. The number of likely N-dealkylation sites (tertiary alicyclic amines) is 1. The molecule has 1 saturated heterocycles. The molecular formula is C17H26N2O3. The van der Waals surface area contributed by atoms with E-state index in [1.807, 2.05) is 25.7 Å². The van der Waals surface area contributed by atoms with E-state index >= 15 is 0 Å². The molecule has 1 unspecified atom stereocenters. The van der Waals surface area contributed by atoms with Crippen LogP contribution in [0, 0.1) is 18.3 Å². The summed E-state index contributed by atoms with van der Waals surface area (Å²) in [6.45, 7) is 6.24.